The summed E-state index contributed by atoms with van der Waals surface area (Å²) >= 11 is 0. The molecule has 1 saturated carbocycles. The van der Waals surface area contributed by atoms with Crippen molar-refractivity contribution in [1.82, 2.24) is 5.48 Å². The number of carboxylic acid groups (broad SMARTS) is 1. The van der Waals surface area contributed by atoms with Gasteiger partial charge in [-0.05, 0) is 43.4 Å². The second-order valence-electron chi connectivity index (χ2n) is 7.46. The third-order valence-corrected chi connectivity index (χ3v) is 5.46. The van der Waals surface area contributed by atoms with Crippen LogP contribution in [0.2, 0.25) is 0 Å². The van der Waals surface area contributed by atoms with Gasteiger partial charge in [0, 0.05) is 17.5 Å². The molecule has 4 N–H and O–H groups in total. The molecule has 0 radical (unpaired) electrons. The van der Waals surface area contributed by atoms with Gasteiger partial charge in [-0.1, -0.05) is 35.9 Å². The van der Waals surface area contributed by atoms with Crippen molar-refractivity contribution in [3.8, 4) is 0 Å². The van der Waals surface area contributed by atoms with Gasteiger partial charge < -0.3 is 15.3 Å². The van der Waals surface area contributed by atoms with E-state index in [1.54, 1.807) is 6.08 Å². The van der Waals surface area contributed by atoms with Crippen LogP contribution in [0.1, 0.15) is 42.1 Å². The molecule has 3 unspecified atom stereocenters. The van der Waals surface area contributed by atoms with Crippen LogP contribution in [-0.4, -0.2) is 34.0 Å². The number of rotatable bonds is 8. The van der Waals surface area contributed by atoms with Gasteiger partial charge >= 0.3 is 5.97 Å². The summed E-state index contributed by atoms with van der Waals surface area (Å²) in [5.74, 6) is -0.822. The van der Waals surface area contributed by atoms with Gasteiger partial charge in [-0.3, -0.25) is 15.1 Å². The van der Waals surface area contributed by atoms with Crippen molar-refractivity contribution in [3.05, 3.63) is 58.3 Å². The first-order chi connectivity index (χ1) is 12.9. The van der Waals surface area contributed by atoms with Crippen molar-refractivity contribution in [2.24, 2.45) is 11.8 Å². The molecule has 3 rings (SSSR count). The highest BCUT2D eigenvalue weighted by Crippen LogP contribution is 2.48. The molecule has 2 aliphatic carbocycles. The fourth-order valence-corrected chi connectivity index (χ4v) is 3.92. The smallest absolute Gasteiger partial charge is 0.305 e. The second-order valence-corrected chi connectivity index (χ2v) is 7.46. The maximum atomic E-state index is 10.5. The number of hydrogen-bond donors (Lipinski definition) is 4. The third kappa shape index (κ3) is 4.40. The van der Waals surface area contributed by atoms with Crippen LogP contribution < -0.4 is 5.48 Å². The summed E-state index contributed by atoms with van der Waals surface area (Å²) in [7, 11) is 0. The topological polar surface area (TPSA) is 99.0 Å². The molecule has 0 bridgehead atoms. The van der Waals surface area contributed by atoms with Crippen molar-refractivity contribution < 1.29 is 25.0 Å². The highest BCUT2D eigenvalue weighted by molar-refractivity contribution is 5.66. The normalized spacial score (nSPS) is 25.4. The average Bonchev–Trinajstić information content (AvgIpc) is 2.83. The van der Waals surface area contributed by atoms with E-state index in [-0.39, 0.29) is 24.9 Å². The van der Waals surface area contributed by atoms with Crippen molar-refractivity contribution in [3.63, 3.8) is 0 Å². The molecule has 6 heteroatoms. The van der Waals surface area contributed by atoms with E-state index in [9.17, 15) is 15.0 Å². The van der Waals surface area contributed by atoms with Gasteiger partial charge in [-0.2, -0.15) is 0 Å². The maximum absolute atomic E-state index is 10.5. The Hall–Kier alpha value is -2.15. The monoisotopic (exact) mass is 373 g/mol. The molecular weight excluding hydrogens is 346 g/mol. The Kier molecular flexibility index (Phi) is 5.99. The van der Waals surface area contributed by atoms with Gasteiger partial charge in [0.15, 0.2) is 0 Å². The van der Waals surface area contributed by atoms with E-state index in [0.717, 1.165) is 28.0 Å². The Balaban J connectivity index is 1.57. The standard InChI is InChI=1S/C21H27NO5/c1-12-3-5-15(13(2)9-12)19(23)6-4-14-10-16-17(21(14)26)11-18(16)22-27-8-7-20(24)25/h3-6,9,14,17,19,21-23,26H,7-8,10-11H2,1-2H3,(H,24,25)/t14?,17-,19?,21?/m1/s1. The molecule has 0 spiro atoms. The lowest BCUT2D eigenvalue weighted by Crippen LogP contribution is -2.32. The number of benzene rings is 1. The number of carbonyl (C=O) groups is 1. The van der Waals surface area contributed by atoms with Crippen LogP contribution in [-0.2, 0) is 9.63 Å². The van der Waals surface area contributed by atoms with E-state index in [1.807, 2.05) is 38.1 Å². The van der Waals surface area contributed by atoms with Crippen LogP contribution in [0.5, 0.6) is 0 Å². The molecule has 0 heterocycles. The van der Waals surface area contributed by atoms with Crippen LogP contribution >= 0.6 is 0 Å². The number of nitrogens with one attached hydrogen (secondary N) is 1. The van der Waals surface area contributed by atoms with Gasteiger partial charge in [0.05, 0.1) is 25.2 Å². The summed E-state index contributed by atoms with van der Waals surface area (Å²) in [4.78, 5) is 15.7. The van der Waals surface area contributed by atoms with Gasteiger partial charge in [-0.25, -0.2) is 0 Å². The first-order valence-corrected chi connectivity index (χ1v) is 9.30. The highest BCUT2D eigenvalue weighted by Gasteiger charge is 2.45. The lowest BCUT2D eigenvalue weighted by atomic mass is 9.83. The Morgan fingerprint density at radius 2 is 2.15 bits per heavy atom. The Morgan fingerprint density at radius 1 is 1.37 bits per heavy atom. The SMILES string of the molecule is Cc1ccc(C(O)C=CC2CC3=C(NOCCC(=O)O)C[C@H]3C2O)c(C)c1. The second kappa shape index (κ2) is 8.25. The minimum atomic E-state index is -0.898. The molecule has 0 amide bonds. The molecule has 27 heavy (non-hydrogen) atoms. The van der Waals surface area contributed by atoms with Gasteiger partial charge in [0.25, 0.3) is 0 Å². The number of aliphatic carboxylic acids is 1. The zero-order chi connectivity index (χ0) is 19.6. The number of fused-ring (bicyclic) bond motifs is 1. The number of aliphatic hydroxyl groups is 2. The number of allylic oxidation sites excluding steroid dienone is 1. The molecule has 0 aromatic heterocycles. The quantitative estimate of drug-likeness (QED) is 0.318. The Bertz CT molecular complexity index is 770. The first kappa shape index (κ1) is 19.6. The fraction of sp³-hybridized carbons (Fsp3) is 0.476. The first-order valence-electron chi connectivity index (χ1n) is 9.30. The molecule has 2 aliphatic rings. The maximum Gasteiger partial charge on any atom is 0.305 e. The van der Waals surface area contributed by atoms with Gasteiger partial charge in [-0.15, -0.1) is 0 Å². The van der Waals surface area contributed by atoms with Crippen LogP contribution in [0.25, 0.3) is 0 Å². The summed E-state index contributed by atoms with van der Waals surface area (Å²) in [5, 5.41) is 29.6. The van der Waals surface area contributed by atoms with Crippen molar-refractivity contribution in [1.29, 1.82) is 0 Å². The van der Waals surface area contributed by atoms with Crippen LogP contribution in [0.15, 0.2) is 41.6 Å². The molecular formula is C21H27NO5. The van der Waals surface area contributed by atoms with Crippen LogP contribution in [0.4, 0.5) is 0 Å². The summed E-state index contributed by atoms with van der Waals surface area (Å²) in [6.07, 6.45) is 3.87. The zero-order valence-corrected chi connectivity index (χ0v) is 15.7. The molecule has 0 aliphatic heterocycles. The third-order valence-electron chi connectivity index (χ3n) is 5.46. The van der Waals surface area contributed by atoms with Gasteiger partial charge in [0.2, 0.25) is 0 Å². The fourth-order valence-electron chi connectivity index (χ4n) is 3.92. The number of hydrogen-bond acceptors (Lipinski definition) is 5. The minimum Gasteiger partial charge on any atom is -0.481 e. The summed E-state index contributed by atoms with van der Waals surface area (Å²) < 4.78 is 0. The summed E-state index contributed by atoms with van der Waals surface area (Å²) in [6.45, 7) is 4.11. The van der Waals surface area contributed by atoms with Crippen LogP contribution in [0.3, 0.4) is 0 Å². The predicted octanol–water partition coefficient (Wildman–Crippen LogP) is 2.54. The Morgan fingerprint density at radius 3 is 2.85 bits per heavy atom. The van der Waals surface area contributed by atoms with Crippen molar-refractivity contribution in [2.45, 2.75) is 45.3 Å². The predicted molar refractivity (Wildman–Crippen MR) is 101 cm³/mol. The lowest BCUT2D eigenvalue weighted by molar-refractivity contribution is -0.138. The van der Waals surface area contributed by atoms with E-state index < -0.39 is 18.2 Å². The van der Waals surface area contributed by atoms with Crippen LogP contribution in [0, 0.1) is 25.7 Å². The molecule has 1 aromatic rings. The number of aryl methyl sites for hydroxylation is 2. The molecule has 1 fully saturated rings. The molecule has 1 aromatic carbocycles. The molecule has 146 valence electrons. The summed E-state index contributed by atoms with van der Waals surface area (Å²) in [6, 6.07) is 5.97. The van der Waals surface area contributed by atoms with Gasteiger partial charge in [0.1, 0.15) is 0 Å². The molecule has 0 saturated heterocycles. The zero-order valence-electron chi connectivity index (χ0n) is 15.7. The Labute approximate surface area is 159 Å². The minimum absolute atomic E-state index is 0.0382. The largest absolute Gasteiger partial charge is 0.481 e. The molecule has 6 nitrogen and oxygen atoms in total. The van der Waals surface area contributed by atoms with E-state index in [4.69, 9.17) is 9.94 Å². The number of aliphatic hydroxyl groups excluding tert-OH is 2. The van der Waals surface area contributed by atoms with Crippen molar-refractivity contribution in [2.75, 3.05) is 6.61 Å². The van der Waals surface area contributed by atoms with E-state index in [0.29, 0.717) is 12.8 Å². The van der Waals surface area contributed by atoms with Crippen molar-refractivity contribution >= 4 is 5.97 Å². The summed E-state index contributed by atoms with van der Waals surface area (Å²) in [5.41, 5.74) is 7.98. The van der Waals surface area contributed by atoms with E-state index in [1.165, 1.54) is 0 Å². The number of carboxylic acids is 1. The van der Waals surface area contributed by atoms with E-state index >= 15 is 0 Å². The van der Waals surface area contributed by atoms with E-state index in [2.05, 4.69) is 5.48 Å². The lowest BCUT2D eigenvalue weighted by Gasteiger charge is -2.30. The highest BCUT2D eigenvalue weighted by atomic mass is 16.6. The average molecular weight is 373 g/mol. The molecule has 4 atom stereocenters. The number of hydroxylamine groups is 1.